The van der Waals surface area contributed by atoms with Crippen LogP contribution in [0.25, 0.3) is 0 Å². The molecule has 0 saturated heterocycles. The van der Waals surface area contributed by atoms with Crippen LogP contribution in [-0.4, -0.2) is 8.96 Å². The maximum atomic E-state index is 11.5. The average Bonchev–Trinajstić information content (AvgIpc) is 2.37. The van der Waals surface area contributed by atoms with Gasteiger partial charge in [-0.3, -0.25) is 4.72 Å². The second kappa shape index (κ2) is 3.31. The van der Waals surface area contributed by atoms with E-state index in [-0.39, 0.29) is 4.75 Å². The fourth-order valence-corrected chi connectivity index (χ4v) is 1.19. The van der Waals surface area contributed by atoms with E-state index >= 15 is 0 Å². The number of hydrogen-bond donors (Lipinski definition) is 1. The van der Waals surface area contributed by atoms with Gasteiger partial charge in [-0.25, -0.2) is 4.21 Å². The van der Waals surface area contributed by atoms with Crippen molar-refractivity contribution in [2.45, 2.75) is 25.5 Å². The monoisotopic (exact) mass is 187 g/mol. The van der Waals surface area contributed by atoms with Crippen LogP contribution in [0.2, 0.25) is 0 Å². The van der Waals surface area contributed by atoms with Crippen LogP contribution in [0.4, 0.5) is 5.88 Å². The largest absolute Gasteiger partial charge is 0.448 e. The predicted molar refractivity (Wildman–Crippen MR) is 50.2 cm³/mol. The lowest BCUT2D eigenvalue weighted by Gasteiger charge is -2.17. The summed E-state index contributed by atoms with van der Waals surface area (Å²) in [7, 11) is -1.11. The van der Waals surface area contributed by atoms with Gasteiger partial charge in [0.2, 0.25) is 5.88 Å². The summed E-state index contributed by atoms with van der Waals surface area (Å²) >= 11 is 0. The molecule has 12 heavy (non-hydrogen) atoms. The van der Waals surface area contributed by atoms with Gasteiger partial charge in [0.25, 0.3) is 0 Å². The Kier molecular flexibility index (Phi) is 2.57. The second-order valence-corrected chi connectivity index (χ2v) is 5.43. The van der Waals surface area contributed by atoms with Gasteiger partial charge in [0.05, 0.1) is 11.0 Å². The van der Waals surface area contributed by atoms with Crippen LogP contribution >= 0.6 is 0 Å². The molecule has 1 aromatic rings. The van der Waals surface area contributed by atoms with Crippen molar-refractivity contribution in [3.8, 4) is 0 Å². The predicted octanol–water partition coefficient (Wildman–Crippen LogP) is 2.15. The summed E-state index contributed by atoms with van der Waals surface area (Å²) in [5, 5.41) is 0. The summed E-state index contributed by atoms with van der Waals surface area (Å²) in [6.45, 7) is 5.71. The molecule has 0 aliphatic carbocycles. The highest BCUT2D eigenvalue weighted by molar-refractivity contribution is 7.87. The fraction of sp³-hybridized carbons (Fsp3) is 0.500. The first-order valence-electron chi connectivity index (χ1n) is 3.72. The van der Waals surface area contributed by atoms with Crippen molar-refractivity contribution in [1.82, 2.24) is 0 Å². The second-order valence-electron chi connectivity index (χ2n) is 3.46. The maximum Gasteiger partial charge on any atom is 0.204 e. The molecule has 0 spiro atoms. The molecule has 4 heteroatoms. The molecule has 1 N–H and O–H groups in total. The normalized spacial score (nSPS) is 14.2. The van der Waals surface area contributed by atoms with Gasteiger partial charge in [-0.05, 0) is 26.8 Å². The van der Waals surface area contributed by atoms with Crippen LogP contribution in [0.3, 0.4) is 0 Å². The molecule has 0 amide bonds. The van der Waals surface area contributed by atoms with Crippen LogP contribution in [0.1, 0.15) is 20.8 Å². The van der Waals surface area contributed by atoms with E-state index in [4.69, 9.17) is 4.42 Å². The van der Waals surface area contributed by atoms with Crippen LogP contribution < -0.4 is 4.72 Å². The molecular formula is C8H13NO2S. The summed E-state index contributed by atoms with van der Waals surface area (Å²) in [5.41, 5.74) is 0. The van der Waals surface area contributed by atoms with E-state index in [1.165, 1.54) is 0 Å². The van der Waals surface area contributed by atoms with Crippen molar-refractivity contribution in [1.29, 1.82) is 0 Å². The van der Waals surface area contributed by atoms with E-state index in [0.717, 1.165) is 0 Å². The van der Waals surface area contributed by atoms with Crippen molar-refractivity contribution in [3.63, 3.8) is 0 Å². The number of hydrogen-bond acceptors (Lipinski definition) is 2. The first kappa shape index (κ1) is 9.32. The lowest BCUT2D eigenvalue weighted by Crippen LogP contribution is -2.27. The Hall–Kier alpha value is -0.770. The van der Waals surface area contributed by atoms with Crippen LogP contribution in [0, 0.1) is 0 Å². The third-order valence-corrected chi connectivity index (χ3v) is 2.77. The summed E-state index contributed by atoms with van der Waals surface area (Å²) in [4.78, 5) is 0. The number of rotatable bonds is 2. The molecule has 0 bridgehead atoms. The molecule has 68 valence electrons. The highest BCUT2D eigenvalue weighted by Crippen LogP contribution is 2.15. The minimum absolute atomic E-state index is 0.271. The van der Waals surface area contributed by atoms with Gasteiger partial charge in [0, 0.05) is 6.07 Å². The van der Waals surface area contributed by atoms with E-state index in [1.807, 2.05) is 20.8 Å². The Morgan fingerprint density at radius 2 is 2.17 bits per heavy atom. The molecule has 0 aromatic carbocycles. The molecule has 1 aromatic heterocycles. The molecule has 0 aliphatic rings. The zero-order valence-corrected chi connectivity index (χ0v) is 8.27. The highest BCUT2D eigenvalue weighted by Gasteiger charge is 2.19. The molecule has 1 heterocycles. The zero-order valence-electron chi connectivity index (χ0n) is 7.46. The fourth-order valence-electron chi connectivity index (χ4n) is 0.581. The lowest BCUT2D eigenvalue weighted by atomic mass is 10.3. The van der Waals surface area contributed by atoms with E-state index in [1.54, 1.807) is 18.4 Å². The molecular weight excluding hydrogens is 174 g/mol. The molecule has 0 fully saturated rings. The molecule has 0 aliphatic heterocycles. The minimum atomic E-state index is -1.11. The Morgan fingerprint density at radius 3 is 2.58 bits per heavy atom. The maximum absolute atomic E-state index is 11.5. The van der Waals surface area contributed by atoms with Crippen molar-refractivity contribution >= 4 is 16.9 Å². The Labute approximate surface area is 74.7 Å². The van der Waals surface area contributed by atoms with E-state index in [0.29, 0.717) is 5.88 Å². The van der Waals surface area contributed by atoms with Crippen molar-refractivity contribution in [3.05, 3.63) is 18.4 Å². The third kappa shape index (κ3) is 2.37. The van der Waals surface area contributed by atoms with Gasteiger partial charge in [-0.2, -0.15) is 0 Å². The minimum Gasteiger partial charge on any atom is -0.448 e. The SMILES string of the molecule is CC(C)(C)S(=O)Nc1ccco1. The molecule has 1 atom stereocenters. The van der Waals surface area contributed by atoms with Crippen LogP contribution in [0.5, 0.6) is 0 Å². The van der Waals surface area contributed by atoms with Gasteiger partial charge in [0.1, 0.15) is 11.0 Å². The smallest absolute Gasteiger partial charge is 0.204 e. The highest BCUT2D eigenvalue weighted by atomic mass is 32.2. The molecule has 0 saturated carbocycles. The quantitative estimate of drug-likeness (QED) is 0.770. The van der Waals surface area contributed by atoms with E-state index < -0.39 is 11.0 Å². The van der Waals surface area contributed by atoms with Crippen LogP contribution in [0.15, 0.2) is 22.8 Å². The van der Waals surface area contributed by atoms with Gasteiger partial charge in [-0.1, -0.05) is 0 Å². The number of nitrogens with one attached hydrogen (secondary N) is 1. The topological polar surface area (TPSA) is 42.2 Å². The Morgan fingerprint density at radius 1 is 1.50 bits per heavy atom. The van der Waals surface area contributed by atoms with Gasteiger partial charge in [0.15, 0.2) is 0 Å². The first-order chi connectivity index (χ1) is 5.50. The van der Waals surface area contributed by atoms with Crippen molar-refractivity contribution in [2.75, 3.05) is 4.72 Å². The van der Waals surface area contributed by atoms with E-state index in [2.05, 4.69) is 4.72 Å². The molecule has 0 radical (unpaired) electrons. The van der Waals surface area contributed by atoms with Gasteiger partial charge in [-0.15, -0.1) is 0 Å². The molecule has 1 unspecified atom stereocenters. The number of anilines is 1. The summed E-state index contributed by atoms with van der Waals surface area (Å²) in [5.74, 6) is 0.545. The summed E-state index contributed by atoms with van der Waals surface area (Å²) in [6, 6.07) is 3.49. The zero-order chi connectivity index (χ0) is 9.19. The van der Waals surface area contributed by atoms with Crippen LogP contribution in [-0.2, 0) is 11.0 Å². The summed E-state index contributed by atoms with van der Waals surface area (Å²) < 4.78 is 19.0. The molecule has 3 nitrogen and oxygen atoms in total. The standard InChI is InChI=1S/C8H13NO2S/c1-8(2,3)12(10)9-7-5-4-6-11-7/h4-6,9H,1-3H3. The summed E-state index contributed by atoms with van der Waals surface area (Å²) in [6.07, 6.45) is 1.54. The van der Waals surface area contributed by atoms with Gasteiger partial charge < -0.3 is 4.42 Å². The van der Waals surface area contributed by atoms with E-state index in [9.17, 15) is 4.21 Å². The van der Waals surface area contributed by atoms with Gasteiger partial charge >= 0.3 is 0 Å². The molecule has 1 rings (SSSR count). The van der Waals surface area contributed by atoms with Crippen molar-refractivity contribution in [2.24, 2.45) is 0 Å². The Bertz CT molecular complexity index is 261. The van der Waals surface area contributed by atoms with Crippen molar-refractivity contribution < 1.29 is 8.63 Å². The first-order valence-corrected chi connectivity index (χ1v) is 4.87. The Balaban J connectivity index is 2.60. The average molecular weight is 187 g/mol. The lowest BCUT2D eigenvalue weighted by molar-refractivity contribution is 0.584. The third-order valence-electron chi connectivity index (χ3n) is 1.27. The number of furan rings is 1.